The number of halogens is 4. The predicted octanol–water partition coefficient (Wildman–Crippen LogP) is 2.97. The summed E-state index contributed by atoms with van der Waals surface area (Å²) in [5.41, 5.74) is 3.50. The molecule has 2 N–H and O–H groups in total. The van der Waals surface area contributed by atoms with Gasteiger partial charge in [-0.3, -0.25) is 4.98 Å². The smallest absolute Gasteiger partial charge is 0.434 e. The maximum atomic E-state index is 13.0. The Bertz CT molecular complexity index is 752. The summed E-state index contributed by atoms with van der Waals surface area (Å²) >= 11 is 5.91. The average molecular weight is 347 g/mol. The van der Waals surface area contributed by atoms with Gasteiger partial charge in [0.2, 0.25) is 5.95 Å². The Hall–Kier alpha value is -2.42. The lowest BCUT2D eigenvalue weighted by Gasteiger charge is -2.12. The Labute approximate surface area is 133 Å². The van der Waals surface area contributed by atoms with Gasteiger partial charge in [-0.25, -0.2) is 14.8 Å². The maximum Gasteiger partial charge on any atom is 0.434 e. The molecule has 2 aromatic heterocycles. The maximum absolute atomic E-state index is 13.0. The van der Waals surface area contributed by atoms with Crippen molar-refractivity contribution in [1.29, 1.82) is 0 Å². The number of rotatable bonds is 3. The van der Waals surface area contributed by atoms with E-state index in [1.807, 2.05) is 0 Å². The van der Waals surface area contributed by atoms with Gasteiger partial charge in [0.05, 0.1) is 29.1 Å². The van der Waals surface area contributed by atoms with Crippen LogP contribution in [-0.2, 0) is 10.9 Å². The van der Waals surface area contributed by atoms with E-state index >= 15 is 0 Å². The third kappa shape index (κ3) is 3.67. The van der Waals surface area contributed by atoms with Gasteiger partial charge in [-0.05, 0) is 13.0 Å². The first kappa shape index (κ1) is 16.9. The van der Waals surface area contributed by atoms with Crippen LogP contribution in [0.5, 0.6) is 0 Å². The zero-order chi connectivity index (χ0) is 17.2. The first-order valence-corrected chi connectivity index (χ1v) is 6.64. The fourth-order valence-corrected chi connectivity index (χ4v) is 1.97. The standard InChI is InChI=1S/C13H10ClF3N4O2/c1-2-23-11(22)7-3-6(4-19-10(7)13(15,16)17)9-8(14)5-20-12(18)21-9/h3-5H,2H2,1H3,(H2,18,20,21). The second-order valence-corrected chi connectivity index (χ2v) is 4.67. The van der Waals surface area contributed by atoms with Crippen LogP contribution in [0.25, 0.3) is 11.3 Å². The van der Waals surface area contributed by atoms with Gasteiger partial charge < -0.3 is 10.5 Å². The minimum Gasteiger partial charge on any atom is -0.462 e. The molecule has 2 rings (SSSR count). The molecule has 0 atom stereocenters. The molecule has 0 saturated carbocycles. The van der Waals surface area contributed by atoms with Crippen LogP contribution in [0.15, 0.2) is 18.5 Å². The van der Waals surface area contributed by atoms with Gasteiger partial charge in [0, 0.05) is 11.8 Å². The number of nitrogens with zero attached hydrogens (tertiary/aromatic N) is 3. The Balaban J connectivity index is 2.62. The molecule has 0 aliphatic rings. The Kier molecular flexibility index (Phi) is 4.69. The second kappa shape index (κ2) is 6.37. The highest BCUT2D eigenvalue weighted by molar-refractivity contribution is 6.32. The molecular formula is C13H10ClF3N4O2. The summed E-state index contributed by atoms with van der Waals surface area (Å²) < 4.78 is 43.6. The van der Waals surface area contributed by atoms with E-state index in [1.54, 1.807) is 0 Å². The molecule has 0 spiro atoms. The van der Waals surface area contributed by atoms with E-state index in [4.69, 9.17) is 17.3 Å². The number of esters is 1. The van der Waals surface area contributed by atoms with Gasteiger partial charge in [-0.15, -0.1) is 0 Å². The summed E-state index contributed by atoms with van der Waals surface area (Å²) in [5.74, 6) is -1.27. The molecule has 122 valence electrons. The molecule has 0 bridgehead atoms. The zero-order valence-electron chi connectivity index (χ0n) is 11.7. The Morgan fingerprint density at radius 1 is 1.35 bits per heavy atom. The number of pyridine rings is 1. The van der Waals surface area contributed by atoms with Crippen LogP contribution in [0, 0.1) is 0 Å². The summed E-state index contributed by atoms with van der Waals surface area (Å²) in [6.07, 6.45) is -2.71. The first-order chi connectivity index (χ1) is 10.7. The molecule has 2 heterocycles. The number of aromatic nitrogens is 3. The van der Waals surface area contributed by atoms with Crippen molar-refractivity contribution in [2.75, 3.05) is 12.3 Å². The lowest BCUT2D eigenvalue weighted by atomic mass is 10.1. The molecule has 0 aliphatic carbocycles. The molecule has 0 fully saturated rings. The van der Waals surface area contributed by atoms with Crippen molar-refractivity contribution in [3.63, 3.8) is 0 Å². The van der Waals surface area contributed by atoms with E-state index in [0.29, 0.717) is 0 Å². The summed E-state index contributed by atoms with van der Waals surface area (Å²) in [5, 5.41) is 0.0515. The fourth-order valence-electron chi connectivity index (χ4n) is 1.77. The molecule has 0 amide bonds. The van der Waals surface area contributed by atoms with E-state index < -0.39 is 23.4 Å². The summed E-state index contributed by atoms with van der Waals surface area (Å²) in [4.78, 5) is 22.6. The number of carbonyl (C=O) groups is 1. The van der Waals surface area contributed by atoms with Crippen molar-refractivity contribution in [3.8, 4) is 11.3 Å². The van der Waals surface area contributed by atoms with Gasteiger partial charge in [0.1, 0.15) is 0 Å². The molecule has 0 aliphatic heterocycles. The minimum atomic E-state index is -4.81. The SMILES string of the molecule is CCOC(=O)c1cc(-c2nc(N)ncc2Cl)cnc1C(F)(F)F. The molecule has 23 heavy (non-hydrogen) atoms. The van der Waals surface area contributed by atoms with E-state index in [2.05, 4.69) is 19.7 Å². The van der Waals surface area contributed by atoms with Crippen LogP contribution in [0.3, 0.4) is 0 Å². The molecule has 2 aromatic rings. The van der Waals surface area contributed by atoms with Gasteiger partial charge in [-0.1, -0.05) is 11.6 Å². The van der Waals surface area contributed by atoms with Gasteiger partial charge in [0.15, 0.2) is 5.69 Å². The van der Waals surface area contributed by atoms with Crippen molar-refractivity contribution in [1.82, 2.24) is 15.0 Å². The number of hydrogen-bond acceptors (Lipinski definition) is 6. The molecule has 0 radical (unpaired) electrons. The predicted molar refractivity (Wildman–Crippen MR) is 75.6 cm³/mol. The zero-order valence-corrected chi connectivity index (χ0v) is 12.4. The second-order valence-electron chi connectivity index (χ2n) is 4.26. The van der Waals surface area contributed by atoms with Crippen LogP contribution in [-0.4, -0.2) is 27.5 Å². The van der Waals surface area contributed by atoms with Crippen molar-refractivity contribution < 1.29 is 22.7 Å². The number of hydrogen-bond donors (Lipinski definition) is 1. The quantitative estimate of drug-likeness (QED) is 0.859. The van der Waals surface area contributed by atoms with Gasteiger partial charge in [0.25, 0.3) is 0 Å². The number of nitrogens with two attached hydrogens (primary N) is 1. The minimum absolute atomic E-state index is 0.0515. The number of nitrogen functional groups attached to an aromatic ring is 1. The van der Waals surface area contributed by atoms with Crippen LogP contribution in [0.1, 0.15) is 23.0 Å². The van der Waals surface area contributed by atoms with E-state index in [0.717, 1.165) is 12.3 Å². The molecule has 0 unspecified atom stereocenters. The van der Waals surface area contributed by atoms with Crippen LogP contribution < -0.4 is 5.73 Å². The van der Waals surface area contributed by atoms with Crippen LogP contribution in [0.4, 0.5) is 19.1 Å². The summed E-state index contributed by atoms with van der Waals surface area (Å²) in [6, 6.07) is 0.960. The van der Waals surface area contributed by atoms with Gasteiger partial charge >= 0.3 is 12.1 Å². The third-order valence-electron chi connectivity index (χ3n) is 2.69. The summed E-state index contributed by atoms with van der Waals surface area (Å²) in [7, 11) is 0. The lowest BCUT2D eigenvalue weighted by Crippen LogP contribution is -2.17. The number of anilines is 1. The monoisotopic (exact) mass is 346 g/mol. The highest BCUT2D eigenvalue weighted by Crippen LogP contribution is 2.34. The average Bonchev–Trinajstić information content (AvgIpc) is 2.48. The normalized spacial score (nSPS) is 11.3. The van der Waals surface area contributed by atoms with Crippen LogP contribution in [0.2, 0.25) is 5.02 Å². The topological polar surface area (TPSA) is 91.0 Å². The molecule has 6 nitrogen and oxygen atoms in total. The highest BCUT2D eigenvalue weighted by atomic mass is 35.5. The highest BCUT2D eigenvalue weighted by Gasteiger charge is 2.38. The van der Waals surface area contributed by atoms with E-state index in [1.165, 1.54) is 13.1 Å². The number of ether oxygens (including phenoxy) is 1. The van der Waals surface area contributed by atoms with Crippen molar-refractivity contribution in [3.05, 3.63) is 34.7 Å². The number of carbonyl (C=O) groups excluding carboxylic acids is 1. The molecule has 10 heteroatoms. The van der Waals surface area contributed by atoms with Crippen molar-refractivity contribution >= 4 is 23.5 Å². The Morgan fingerprint density at radius 2 is 2.04 bits per heavy atom. The lowest BCUT2D eigenvalue weighted by molar-refractivity contribution is -0.141. The van der Waals surface area contributed by atoms with Crippen LogP contribution >= 0.6 is 11.6 Å². The molecular weight excluding hydrogens is 337 g/mol. The molecule has 0 aromatic carbocycles. The fraction of sp³-hybridized carbons (Fsp3) is 0.231. The third-order valence-corrected chi connectivity index (χ3v) is 2.96. The number of alkyl halides is 3. The van der Waals surface area contributed by atoms with Gasteiger partial charge in [-0.2, -0.15) is 13.2 Å². The first-order valence-electron chi connectivity index (χ1n) is 6.26. The Morgan fingerprint density at radius 3 is 2.65 bits per heavy atom. The van der Waals surface area contributed by atoms with E-state index in [-0.39, 0.29) is 28.8 Å². The summed E-state index contributed by atoms with van der Waals surface area (Å²) in [6.45, 7) is 1.39. The largest absolute Gasteiger partial charge is 0.462 e. The molecule has 0 saturated heterocycles. The van der Waals surface area contributed by atoms with E-state index in [9.17, 15) is 18.0 Å². The van der Waals surface area contributed by atoms with Crippen molar-refractivity contribution in [2.45, 2.75) is 13.1 Å². The van der Waals surface area contributed by atoms with Crippen molar-refractivity contribution in [2.24, 2.45) is 0 Å².